The minimum Gasteiger partial charge on any atom is -0.461 e. The van der Waals surface area contributed by atoms with Crippen LogP contribution in [0.25, 0.3) is 0 Å². The van der Waals surface area contributed by atoms with Gasteiger partial charge in [-0.05, 0) is 26.7 Å². The Morgan fingerprint density at radius 2 is 2.12 bits per heavy atom. The Bertz CT molecular complexity index is 394. The highest BCUT2D eigenvalue weighted by molar-refractivity contribution is 7.12. The zero-order valence-electron chi connectivity index (χ0n) is 10.5. The van der Waals surface area contributed by atoms with E-state index >= 15 is 0 Å². The van der Waals surface area contributed by atoms with Crippen LogP contribution in [0.3, 0.4) is 0 Å². The summed E-state index contributed by atoms with van der Waals surface area (Å²) in [4.78, 5) is 17.2. The van der Waals surface area contributed by atoms with E-state index in [4.69, 9.17) is 4.74 Å². The quantitative estimate of drug-likeness (QED) is 0.771. The van der Waals surface area contributed by atoms with Gasteiger partial charge in [0.2, 0.25) is 0 Å². The fourth-order valence-electron chi connectivity index (χ4n) is 2.33. The average Bonchev–Trinajstić information content (AvgIpc) is 2.73. The van der Waals surface area contributed by atoms with Gasteiger partial charge in [-0.25, -0.2) is 9.78 Å². The molecule has 0 spiro atoms. The number of nitrogens with zero attached hydrogens (tertiary/aromatic N) is 1. The fourth-order valence-corrected chi connectivity index (χ4v) is 3.41. The third-order valence-electron chi connectivity index (χ3n) is 3.24. The summed E-state index contributed by atoms with van der Waals surface area (Å²) in [6.45, 7) is 4.19. The molecule has 17 heavy (non-hydrogen) atoms. The molecule has 0 amide bonds. The van der Waals surface area contributed by atoms with Gasteiger partial charge in [-0.3, -0.25) is 0 Å². The lowest BCUT2D eigenvalue weighted by Gasteiger charge is -2.18. The van der Waals surface area contributed by atoms with E-state index in [-0.39, 0.29) is 5.97 Å². The number of thiazole rings is 1. The average molecular weight is 253 g/mol. The van der Waals surface area contributed by atoms with Crippen molar-refractivity contribution in [2.75, 3.05) is 6.61 Å². The fraction of sp³-hybridized carbons (Fsp3) is 0.692. The minimum absolute atomic E-state index is 0.275. The molecule has 0 atom stereocenters. The second-order valence-corrected chi connectivity index (χ2v) is 5.75. The van der Waals surface area contributed by atoms with Crippen molar-refractivity contribution in [1.29, 1.82) is 0 Å². The second-order valence-electron chi connectivity index (χ2n) is 4.51. The lowest BCUT2D eigenvalue weighted by Crippen LogP contribution is -2.08. The zero-order chi connectivity index (χ0) is 12.3. The van der Waals surface area contributed by atoms with Crippen molar-refractivity contribution in [3.05, 3.63) is 15.6 Å². The molecule has 1 saturated carbocycles. The molecule has 4 heteroatoms. The van der Waals surface area contributed by atoms with Crippen LogP contribution in [0.1, 0.15) is 65.3 Å². The zero-order valence-corrected chi connectivity index (χ0v) is 11.3. The lowest BCUT2D eigenvalue weighted by molar-refractivity contribution is 0.0519. The second kappa shape index (κ2) is 5.63. The summed E-state index contributed by atoms with van der Waals surface area (Å²) in [5, 5.41) is 1.13. The Labute approximate surface area is 106 Å². The number of aryl methyl sites for hydroxylation is 1. The van der Waals surface area contributed by atoms with Gasteiger partial charge in [-0.2, -0.15) is 0 Å². The van der Waals surface area contributed by atoms with Crippen molar-refractivity contribution >= 4 is 17.3 Å². The number of ether oxygens (including phenoxy) is 1. The van der Waals surface area contributed by atoms with Gasteiger partial charge in [-0.15, -0.1) is 11.3 Å². The molecule has 0 aromatic carbocycles. The maximum atomic E-state index is 11.7. The molecule has 0 N–H and O–H groups in total. The summed E-state index contributed by atoms with van der Waals surface area (Å²) in [6, 6.07) is 0. The van der Waals surface area contributed by atoms with Crippen LogP contribution in [0.5, 0.6) is 0 Å². The molecular weight excluding hydrogens is 234 g/mol. The molecule has 0 saturated heterocycles. The maximum absolute atomic E-state index is 11.7. The van der Waals surface area contributed by atoms with Crippen molar-refractivity contribution in [3.63, 3.8) is 0 Å². The number of carbonyl (C=O) groups excluding carboxylic acids is 1. The van der Waals surface area contributed by atoms with E-state index in [0.29, 0.717) is 18.2 Å². The monoisotopic (exact) mass is 253 g/mol. The molecule has 1 fully saturated rings. The molecule has 2 rings (SSSR count). The lowest BCUT2D eigenvalue weighted by atomic mass is 9.90. The molecule has 1 aromatic heterocycles. The number of aromatic nitrogens is 1. The van der Waals surface area contributed by atoms with Gasteiger partial charge in [0.1, 0.15) is 0 Å². The molecule has 0 aliphatic heterocycles. The van der Waals surface area contributed by atoms with E-state index in [0.717, 1.165) is 9.88 Å². The predicted molar refractivity (Wildman–Crippen MR) is 68.6 cm³/mol. The Kier molecular flexibility index (Phi) is 4.15. The number of hydrogen-bond donors (Lipinski definition) is 0. The standard InChI is InChI=1S/C13H19NO2S/c1-3-16-13(15)11-9(2)17-12(14-11)10-7-5-4-6-8-10/h10H,3-8H2,1-2H3. The molecule has 94 valence electrons. The van der Waals surface area contributed by atoms with E-state index in [1.165, 1.54) is 32.1 Å². The molecule has 1 aliphatic carbocycles. The van der Waals surface area contributed by atoms with Crippen molar-refractivity contribution in [3.8, 4) is 0 Å². The summed E-state index contributed by atoms with van der Waals surface area (Å²) in [7, 11) is 0. The SMILES string of the molecule is CCOC(=O)c1nc(C2CCCCC2)sc1C. The number of esters is 1. The molecule has 1 heterocycles. The number of rotatable bonds is 3. The molecule has 1 aromatic rings. The highest BCUT2D eigenvalue weighted by atomic mass is 32.1. The Morgan fingerprint density at radius 3 is 2.76 bits per heavy atom. The first-order valence-electron chi connectivity index (χ1n) is 6.36. The van der Waals surface area contributed by atoms with Crippen molar-refractivity contribution in [2.45, 2.75) is 51.9 Å². The van der Waals surface area contributed by atoms with Gasteiger partial charge < -0.3 is 4.74 Å². The normalized spacial score (nSPS) is 17.1. The predicted octanol–water partition coefficient (Wildman–Crippen LogP) is 3.68. The Hall–Kier alpha value is -0.900. The van der Waals surface area contributed by atoms with Gasteiger partial charge in [0.25, 0.3) is 0 Å². The summed E-state index contributed by atoms with van der Waals surface area (Å²) in [5.41, 5.74) is 0.525. The minimum atomic E-state index is -0.275. The molecule has 0 unspecified atom stereocenters. The molecule has 0 radical (unpaired) electrons. The topological polar surface area (TPSA) is 39.2 Å². The smallest absolute Gasteiger partial charge is 0.358 e. The van der Waals surface area contributed by atoms with E-state index in [1.807, 2.05) is 13.8 Å². The van der Waals surface area contributed by atoms with Crippen LogP contribution in [0.2, 0.25) is 0 Å². The van der Waals surface area contributed by atoms with Crippen LogP contribution < -0.4 is 0 Å². The molecule has 3 nitrogen and oxygen atoms in total. The van der Waals surface area contributed by atoms with Gasteiger partial charge in [-0.1, -0.05) is 19.3 Å². The Balaban J connectivity index is 2.14. The van der Waals surface area contributed by atoms with E-state index in [1.54, 1.807) is 11.3 Å². The number of hydrogen-bond acceptors (Lipinski definition) is 4. The summed E-state index contributed by atoms with van der Waals surface area (Å²) < 4.78 is 5.01. The highest BCUT2D eigenvalue weighted by Gasteiger charge is 2.23. The van der Waals surface area contributed by atoms with Crippen LogP contribution >= 0.6 is 11.3 Å². The van der Waals surface area contributed by atoms with Crippen molar-refractivity contribution in [1.82, 2.24) is 4.98 Å². The third-order valence-corrected chi connectivity index (χ3v) is 4.37. The van der Waals surface area contributed by atoms with Crippen LogP contribution in [-0.2, 0) is 4.74 Å². The largest absolute Gasteiger partial charge is 0.461 e. The van der Waals surface area contributed by atoms with Gasteiger partial charge >= 0.3 is 5.97 Å². The van der Waals surface area contributed by atoms with Crippen LogP contribution in [0.15, 0.2) is 0 Å². The maximum Gasteiger partial charge on any atom is 0.358 e. The number of carbonyl (C=O) groups is 1. The molecule has 0 bridgehead atoms. The summed E-state index contributed by atoms with van der Waals surface area (Å²) >= 11 is 1.66. The van der Waals surface area contributed by atoms with Crippen LogP contribution in [-0.4, -0.2) is 17.6 Å². The van der Waals surface area contributed by atoms with E-state index in [2.05, 4.69) is 4.98 Å². The van der Waals surface area contributed by atoms with E-state index in [9.17, 15) is 4.79 Å². The van der Waals surface area contributed by atoms with Gasteiger partial charge in [0.15, 0.2) is 5.69 Å². The first-order valence-corrected chi connectivity index (χ1v) is 7.18. The highest BCUT2D eigenvalue weighted by Crippen LogP contribution is 2.35. The van der Waals surface area contributed by atoms with Gasteiger partial charge in [0, 0.05) is 10.8 Å². The van der Waals surface area contributed by atoms with Crippen molar-refractivity contribution < 1.29 is 9.53 Å². The van der Waals surface area contributed by atoms with Crippen LogP contribution in [0, 0.1) is 6.92 Å². The third kappa shape index (κ3) is 2.86. The first kappa shape index (κ1) is 12.6. The molecular formula is C13H19NO2S. The van der Waals surface area contributed by atoms with Gasteiger partial charge in [0.05, 0.1) is 11.6 Å². The summed E-state index contributed by atoms with van der Waals surface area (Å²) in [5.74, 6) is 0.291. The van der Waals surface area contributed by atoms with Crippen LogP contribution in [0.4, 0.5) is 0 Å². The Morgan fingerprint density at radius 1 is 1.41 bits per heavy atom. The molecule has 1 aliphatic rings. The van der Waals surface area contributed by atoms with E-state index < -0.39 is 0 Å². The van der Waals surface area contributed by atoms with Crippen molar-refractivity contribution in [2.24, 2.45) is 0 Å². The first-order chi connectivity index (χ1) is 8.22. The summed E-state index contributed by atoms with van der Waals surface area (Å²) in [6.07, 6.45) is 6.35.